The molecule has 3 rings (SSSR count). The lowest BCUT2D eigenvalue weighted by molar-refractivity contribution is -0.132. The van der Waals surface area contributed by atoms with Gasteiger partial charge in [0, 0.05) is 24.7 Å². The summed E-state index contributed by atoms with van der Waals surface area (Å²) in [4.78, 5) is 25.3. The van der Waals surface area contributed by atoms with E-state index in [0.29, 0.717) is 36.8 Å². The third-order valence-corrected chi connectivity index (χ3v) is 5.05. The fourth-order valence-electron chi connectivity index (χ4n) is 2.72. The Balaban J connectivity index is 1.56. The summed E-state index contributed by atoms with van der Waals surface area (Å²) in [6, 6.07) is 9.75. The summed E-state index contributed by atoms with van der Waals surface area (Å²) < 4.78 is 1.86. The molecular formula is C16H19N5O2S. The predicted octanol–water partition coefficient (Wildman–Crippen LogP) is 1.08. The van der Waals surface area contributed by atoms with Crippen LogP contribution in [-0.4, -0.2) is 50.3 Å². The standard InChI is InChI=1S/C16H19N5O2S/c17-15(23)12-6-8-20(9-7-12)14(22)10-24-16-19-18-11-21(16)13-4-2-1-3-5-13/h1-5,11-12H,6-10H2,(H2,17,23). The van der Waals surface area contributed by atoms with Crippen molar-refractivity contribution in [3.8, 4) is 5.69 Å². The van der Waals surface area contributed by atoms with E-state index >= 15 is 0 Å². The molecule has 8 heteroatoms. The minimum absolute atomic E-state index is 0.0468. The SMILES string of the molecule is NC(=O)C1CCN(C(=O)CSc2nncn2-c2ccccc2)CC1. The number of carbonyl (C=O) groups excluding carboxylic acids is 2. The Kier molecular flexibility index (Phi) is 5.14. The zero-order valence-corrected chi connectivity index (χ0v) is 14.0. The van der Waals surface area contributed by atoms with Crippen LogP contribution in [-0.2, 0) is 9.59 Å². The van der Waals surface area contributed by atoms with Crippen LogP contribution in [0.15, 0.2) is 41.8 Å². The molecular weight excluding hydrogens is 326 g/mol. The molecule has 1 aromatic heterocycles. The van der Waals surface area contributed by atoms with Crippen molar-refractivity contribution in [1.82, 2.24) is 19.7 Å². The summed E-state index contributed by atoms with van der Waals surface area (Å²) in [5.41, 5.74) is 6.28. The maximum Gasteiger partial charge on any atom is 0.233 e. The second-order valence-electron chi connectivity index (χ2n) is 5.67. The van der Waals surface area contributed by atoms with Crippen molar-refractivity contribution in [1.29, 1.82) is 0 Å². The largest absolute Gasteiger partial charge is 0.369 e. The molecule has 0 unspecified atom stereocenters. The molecule has 0 radical (unpaired) electrons. The molecule has 1 aliphatic heterocycles. The molecule has 2 N–H and O–H groups in total. The van der Waals surface area contributed by atoms with Crippen LogP contribution >= 0.6 is 11.8 Å². The summed E-state index contributed by atoms with van der Waals surface area (Å²) in [6.07, 6.45) is 2.93. The molecule has 1 aromatic carbocycles. The minimum atomic E-state index is -0.271. The molecule has 24 heavy (non-hydrogen) atoms. The third-order valence-electron chi connectivity index (χ3n) is 4.13. The van der Waals surface area contributed by atoms with E-state index in [-0.39, 0.29) is 17.7 Å². The van der Waals surface area contributed by atoms with Gasteiger partial charge in [0.05, 0.1) is 5.75 Å². The Morgan fingerprint density at radius 3 is 2.58 bits per heavy atom. The Labute approximate surface area is 144 Å². The first-order chi connectivity index (χ1) is 11.6. The maximum atomic E-state index is 12.3. The molecule has 2 amide bonds. The molecule has 0 spiro atoms. The van der Waals surface area contributed by atoms with Crippen LogP contribution in [0, 0.1) is 5.92 Å². The molecule has 1 aliphatic rings. The van der Waals surface area contributed by atoms with Gasteiger partial charge in [-0.2, -0.15) is 0 Å². The Bertz CT molecular complexity index is 710. The third kappa shape index (κ3) is 3.76. The van der Waals surface area contributed by atoms with Gasteiger partial charge in [-0.3, -0.25) is 14.2 Å². The van der Waals surface area contributed by atoms with E-state index in [2.05, 4.69) is 10.2 Å². The van der Waals surface area contributed by atoms with Crippen LogP contribution in [0.4, 0.5) is 0 Å². The lowest BCUT2D eigenvalue weighted by atomic mass is 9.96. The fourth-order valence-corrected chi connectivity index (χ4v) is 3.55. The fraction of sp³-hybridized carbons (Fsp3) is 0.375. The zero-order chi connectivity index (χ0) is 16.9. The zero-order valence-electron chi connectivity index (χ0n) is 13.2. The van der Waals surface area contributed by atoms with E-state index in [1.807, 2.05) is 34.9 Å². The van der Waals surface area contributed by atoms with Crippen LogP contribution < -0.4 is 5.73 Å². The van der Waals surface area contributed by atoms with Crippen LogP contribution in [0.2, 0.25) is 0 Å². The maximum absolute atomic E-state index is 12.3. The number of piperidine rings is 1. The van der Waals surface area contributed by atoms with Crippen molar-refractivity contribution in [3.63, 3.8) is 0 Å². The van der Waals surface area contributed by atoms with E-state index < -0.39 is 0 Å². The van der Waals surface area contributed by atoms with Gasteiger partial charge < -0.3 is 10.6 Å². The number of amides is 2. The van der Waals surface area contributed by atoms with Crippen molar-refractivity contribution in [3.05, 3.63) is 36.7 Å². The molecule has 0 bridgehead atoms. The van der Waals surface area contributed by atoms with Gasteiger partial charge in [0.2, 0.25) is 11.8 Å². The Hall–Kier alpha value is -2.35. The second-order valence-corrected chi connectivity index (χ2v) is 6.61. The number of hydrogen-bond donors (Lipinski definition) is 1. The quantitative estimate of drug-likeness (QED) is 0.819. The minimum Gasteiger partial charge on any atom is -0.369 e. The van der Waals surface area contributed by atoms with Gasteiger partial charge >= 0.3 is 0 Å². The monoisotopic (exact) mass is 345 g/mol. The second kappa shape index (κ2) is 7.48. The van der Waals surface area contributed by atoms with Crippen LogP contribution in [0.25, 0.3) is 5.69 Å². The lowest BCUT2D eigenvalue weighted by Crippen LogP contribution is -2.42. The number of primary amides is 1. The lowest BCUT2D eigenvalue weighted by Gasteiger charge is -2.30. The molecule has 1 saturated heterocycles. The van der Waals surface area contributed by atoms with Gasteiger partial charge in [-0.1, -0.05) is 30.0 Å². The van der Waals surface area contributed by atoms with Gasteiger partial charge in [-0.15, -0.1) is 10.2 Å². The number of likely N-dealkylation sites (tertiary alicyclic amines) is 1. The summed E-state index contributed by atoms with van der Waals surface area (Å²) in [5, 5.41) is 8.71. The number of benzene rings is 1. The van der Waals surface area contributed by atoms with Crippen LogP contribution in [0.5, 0.6) is 0 Å². The first-order valence-electron chi connectivity index (χ1n) is 7.80. The van der Waals surface area contributed by atoms with Crippen LogP contribution in [0.3, 0.4) is 0 Å². The summed E-state index contributed by atoms with van der Waals surface area (Å²) in [6.45, 7) is 1.16. The van der Waals surface area contributed by atoms with Crippen molar-refractivity contribution in [2.24, 2.45) is 11.7 Å². The summed E-state index contributed by atoms with van der Waals surface area (Å²) in [7, 11) is 0. The van der Waals surface area contributed by atoms with Gasteiger partial charge in [0.15, 0.2) is 5.16 Å². The van der Waals surface area contributed by atoms with Crippen molar-refractivity contribution >= 4 is 23.6 Å². The van der Waals surface area contributed by atoms with Crippen molar-refractivity contribution in [2.45, 2.75) is 18.0 Å². The van der Waals surface area contributed by atoms with Gasteiger partial charge in [-0.05, 0) is 25.0 Å². The highest BCUT2D eigenvalue weighted by molar-refractivity contribution is 7.99. The number of carbonyl (C=O) groups is 2. The van der Waals surface area contributed by atoms with Crippen LogP contribution in [0.1, 0.15) is 12.8 Å². The summed E-state index contributed by atoms with van der Waals surface area (Å²) in [5.74, 6) is -0.0342. The molecule has 2 aromatic rings. The van der Waals surface area contributed by atoms with Crippen molar-refractivity contribution in [2.75, 3.05) is 18.8 Å². The number of nitrogens with two attached hydrogens (primary N) is 1. The van der Waals surface area contributed by atoms with E-state index in [1.165, 1.54) is 11.8 Å². The van der Waals surface area contributed by atoms with Gasteiger partial charge in [0.1, 0.15) is 6.33 Å². The van der Waals surface area contributed by atoms with Gasteiger partial charge in [-0.25, -0.2) is 0 Å². The average molecular weight is 345 g/mol. The normalized spacial score (nSPS) is 15.4. The molecule has 0 atom stereocenters. The molecule has 0 saturated carbocycles. The Morgan fingerprint density at radius 1 is 1.21 bits per heavy atom. The molecule has 7 nitrogen and oxygen atoms in total. The number of para-hydroxylation sites is 1. The number of thioether (sulfide) groups is 1. The number of hydrogen-bond acceptors (Lipinski definition) is 5. The van der Waals surface area contributed by atoms with Gasteiger partial charge in [0.25, 0.3) is 0 Å². The number of rotatable bonds is 5. The molecule has 2 heterocycles. The molecule has 1 fully saturated rings. The molecule has 126 valence electrons. The van der Waals surface area contributed by atoms with E-state index in [4.69, 9.17) is 5.73 Å². The first-order valence-corrected chi connectivity index (χ1v) is 8.79. The van der Waals surface area contributed by atoms with E-state index in [0.717, 1.165) is 5.69 Å². The van der Waals surface area contributed by atoms with Crippen molar-refractivity contribution < 1.29 is 9.59 Å². The Morgan fingerprint density at radius 2 is 1.92 bits per heavy atom. The highest BCUT2D eigenvalue weighted by Crippen LogP contribution is 2.22. The topological polar surface area (TPSA) is 94.1 Å². The van der Waals surface area contributed by atoms with E-state index in [9.17, 15) is 9.59 Å². The highest BCUT2D eigenvalue weighted by Gasteiger charge is 2.26. The number of nitrogens with zero attached hydrogens (tertiary/aromatic N) is 4. The molecule has 0 aliphatic carbocycles. The van der Waals surface area contributed by atoms with E-state index in [1.54, 1.807) is 11.2 Å². The predicted molar refractivity (Wildman–Crippen MR) is 90.6 cm³/mol. The highest BCUT2D eigenvalue weighted by atomic mass is 32.2. The summed E-state index contributed by atoms with van der Waals surface area (Å²) >= 11 is 1.36. The smallest absolute Gasteiger partial charge is 0.233 e. The average Bonchev–Trinajstić information content (AvgIpc) is 3.09. The number of aromatic nitrogens is 3. The first kappa shape index (κ1) is 16.5.